The van der Waals surface area contributed by atoms with Gasteiger partial charge in [0, 0.05) is 18.8 Å². The Morgan fingerprint density at radius 2 is 1.96 bits per heavy atom. The van der Waals surface area contributed by atoms with E-state index in [1.165, 1.54) is 37.9 Å². The number of nitrogens with zero attached hydrogens (tertiary/aromatic N) is 2. The van der Waals surface area contributed by atoms with Gasteiger partial charge in [0.1, 0.15) is 0 Å². The van der Waals surface area contributed by atoms with Crippen LogP contribution in [0.15, 0.2) is 24.3 Å². The molecule has 0 unspecified atom stereocenters. The molecule has 0 radical (unpaired) electrons. The molecule has 1 fully saturated rings. The molecule has 0 bridgehead atoms. The lowest BCUT2D eigenvalue weighted by molar-refractivity contribution is 0.231. The third kappa shape index (κ3) is 6.29. The van der Waals surface area contributed by atoms with E-state index in [0.29, 0.717) is 6.54 Å². The van der Waals surface area contributed by atoms with Crippen LogP contribution in [0.5, 0.6) is 0 Å². The van der Waals surface area contributed by atoms with Gasteiger partial charge in [-0.05, 0) is 57.0 Å². The zero-order valence-electron chi connectivity index (χ0n) is 13.8. The first-order chi connectivity index (χ1) is 11.2. The van der Waals surface area contributed by atoms with Crippen LogP contribution in [-0.2, 0) is 6.42 Å². The molecule has 0 aromatic heterocycles. The number of hydrogen-bond donors (Lipinski definition) is 2. The number of benzene rings is 1. The van der Waals surface area contributed by atoms with Crippen molar-refractivity contribution in [2.75, 3.05) is 31.5 Å². The first-order valence-electron chi connectivity index (χ1n) is 8.43. The number of amides is 2. The van der Waals surface area contributed by atoms with E-state index in [9.17, 15) is 4.79 Å². The van der Waals surface area contributed by atoms with Gasteiger partial charge < -0.3 is 15.5 Å². The number of carbonyl (C=O) groups excluding carboxylic acids is 1. The number of carbonyl (C=O) groups is 1. The Morgan fingerprint density at radius 1 is 1.26 bits per heavy atom. The van der Waals surface area contributed by atoms with Crippen LogP contribution in [0.25, 0.3) is 0 Å². The van der Waals surface area contributed by atoms with Gasteiger partial charge in [0.05, 0.1) is 12.0 Å². The second-order valence-corrected chi connectivity index (χ2v) is 6.21. The summed E-state index contributed by atoms with van der Waals surface area (Å²) in [5, 5.41) is 14.2. The van der Waals surface area contributed by atoms with Crippen LogP contribution in [0.2, 0.25) is 0 Å². The lowest BCUT2D eigenvalue weighted by Crippen LogP contribution is -2.32. The topological polar surface area (TPSA) is 68.2 Å². The normalized spacial score (nSPS) is 16.3. The molecule has 5 nitrogen and oxygen atoms in total. The van der Waals surface area contributed by atoms with Gasteiger partial charge in [0.2, 0.25) is 0 Å². The van der Waals surface area contributed by atoms with Crippen LogP contribution in [-0.4, -0.2) is 37.1 Å². The Balaban J connectivity index is 1.73. The quantitative estimate of drug-likeness (QED) is 0.848. The minimum Gasteiger partial charge on any atom is -0.337 e. The molecule has 1 aromatic rings. The summed E-state index contributed by atoms with van der Waals surface area (Å²) in [6.45, 7) is 5.69. The number of anilines is 1. The van der Waals surface area contributed by atoms with E-state index in [-0.39, 0.29) is 11.9 Å². The maximum absolute atomic E-state index is 11.7. The first-order valence-corrected chi connectivity index (χ1v) is 8.43. The summed E-state index contributed by atoms with van der Waals surface area (Å²) in [4.78, 5) is 14.2. The summed E-state index contributed by atoms with van der Waals surface area (Å²) < 4.78 is 0. The largest absolute Gasteiger partial charge is 0.337 e. The van der Waals surface area contributed by atoms with Crippen LogP contribution in [0, 0.1) is 17.2 Å². The van der Waals surface area contributed by atoms with Crippen LogP contribution in [0.3, 0.4) is 0 Å². The summed E-state index contributed by atoms with van der Waals surface area (Å²) in [6.07, 6.45) is 5.06. The van der Waals surface area contributed by atoms with Gasteiger partial charge in [0.15, 0.2) is 0 Å². The molecule has 1 aromatic carbocycles. The van der Waals surface area contributed by atoms with Gasteiger partial charge in [-0.2, -0.15) is 5.26 Å². The van der Waals surface area contributed by atoms with Crippen molar-refractivity contribution in [1.29, 1.82) is 5.26 Å². The molecule has 23 heavy (non-hydrogen) atoms. The van der Waals surface area contributed by atoms with Gasteiger partial charge in [0.25, 0.3) is 0 Å². The number of nitriles is 1. The molecule has 0 aliphatic carbocycles. The molecule has 2 N–H and O–H groups in total. The Hall–Kier alpha value is -2.06. The number of hydrogen-bond acceptors (Lipinski definition) is 3. The lowest BCUT2D eigenvalue weighted by Gasteiger charge is -2.26. The molecular formula is C18H26N4O. The minimum absolute atomic E-state index is 0.182. The molecule has 1 saturated heterocycles. The second-order valence-electron chi connectivity index (χ2n) is 6.21. The summed E-state index contributed by atoms with van der Waals surface area (Å²) in [5.41, 5.74) is 2.06. The number of urea groups is 1. The Morgan fingerprint density at radius 3 is 2.61 bits per heavy atom. The maximum atomic E-state index is 11.7. The maximum Gasteiger partial charge on any atom is 0.319 e. The number of rotatable bonds is 6. The fraction of sp³-hybridized carbons (Fsp3) is 0.556. The van der Waals surface area contributed by atoms with E-state index in [4.69, 9.17) is 5.26 Å². The molecule has 2 amide bonds. The van der Waals surface area contributed by atoms with Crippen molar-refractivity contribution in [3.63, 3.8) is 0 Å². The van der Waals surface area contributed by atoms with Crippen LogP contribution >= 0.6 is 0 Å². The third-order valence-electron chi connectivity index (χ3n) is 4.17. The molecule has 0 spiro atoms. The predicted octanol–water partition coefficient (Wildman–Crippen LogP) is 3.00. The summed E-state index contributed by atoms with van der Waals surface area (Å²) in [5.74, 6) is -0.182. The van der Waals surface area contributed by atoms with Crippen molar-refractivity contribution in [3.05, 3.63) is 29.8 Å². The summed E-state index contributed by atoms with van der Waals surface area (Å²) in [7, 11) is 0. The van der Waals surface area contributed by atoms with E-state index < -0.39 is 0 Å². The van der Waals surface area contributed by atoms with Gasteiger partial charge in [-0.15, -0.1) is 0 Å². The first kappa shape index (κ1) is 17.3. The van der Waals surface area contributed by atoms with Crippen molar-refractivity contribution in [3.8, 4) is 6.07 Å². The molecule has 1 aliphatic rings. The van der Waals surface area contributed by atoms with Crippen LogP contribution < -0.4 is 10.6 Å². The minimum atomic E-state index is -0.270. The highest BCUT2D eigenvalue weighted by atomic mass is 16.2. The smallest absolute Gasteiger partial charge is 0.319 e. The second kappa shape index (κ2) is 9.16. The fourth-order valence-corrected chi connectivity index (χ4v) is 2.69. The Kier molecular flexibility index (Phi) is 6.89. The van der Waals surface area contributed by atoms with Crippen LogP contribution in [0.4, 0.5) is 10.5 Å². The predicted molar refractivity (Wildman–Crippen MR) is 92.2 cm³/mol. The summed E-state index contributed by atoms with van der Waals surface area (Å²) in [6, 6.07) is 9.81. The van der Waals surface area contributed by atoms with E-state index in [2.05, 4.69) is 33.7 Å². The number of piperidine rings is 1. The van der Waals surface area contributed by atoms with E-state index >= 15 is 0 Å². The van der Waals surface area contributed by atoms with E-state index in [1.807, 2.05) is 12.1 Å². The Bertz CT molecular complexity index is 529. The van der Waals surface area contributed by atoms with Crippen molar-refractivity contribution < 1.29 is 4.79 Å². The summed E-state index contributed by atoms with van der Waals surface area (Å²) >= 11 is 0. The van der Waals surface area contributed by atoms with Crippen molar-refractivity contribution >= 4 is 11.7 Å². The third-order valence-corrected chi connectivity index (χ3v) is 4.17. The van der Waals surface area contributed by atoms with Gasteiger partial charge >= 0.3 is 6.03 Å². The SMILES string of the molecule is C[C@H](C#N)CNC(=O)Nc1ccc(CCN2CCCCC2)cc1. The molecule has 1 aliphatic heterocycles. The molecular weight excluding hydrogens is 288 g/mol. The monoisotopic (exact) mass is 314 g/mol. The Labute approximate surface area is 138 Å². The molecule has 2 rings (SSSR count). The lowest BCUT2D eigenvalue weighted by atomic mass is 10.1. The average molecular weight is 314 g/mol. The van der Waals surface area contributed by atoms with Gasteiger partial charge in [-0.25, -0.2) is 4.79 Å². The fourth-order valence-electron chi connectivity index (χ4n) is 2.69. The van der Waals surface area contributed by atoms with Crippen molar-refractivity contribution in [1.82, 2.24) is 10.2 Å². The number of nitrogens with one attached hydrogen (secondary N) is 2. The zero-order chi connectivity index (χ0) is 16.5. The average Bonchev–Trinajstić information content (AvgIpc) is 2.60. The number of likely N-dealkylation sites (tertiary alicyclic amines) is 1. The van der Waals surface area contributed by atoms with Crippen molar-refractivity contribution in [2.45, 2.75) is 32.6 Å². The highest BCUT2D eigenvalue weighted by Gasteiger charge is 2.09. The van der Waals surface area contributed by atoms with Gasteiger partial charge in [-0.3, -0.25) is 0 Å². The highest BCUT2D eigenvalue weighted by Crippen LogP contribution is 2.13. The molecule has 0 saturated carbocycles. The molecule has 1 heterocycles. The van der Waals surface area contributed by atoms with E-state index in [1.54, 1.807) is 6.92 Å². The molecule has 124 valence electrons. The van der Waals surface area contributed by atoms with E-state index in [0.717, 1.165) is 18.7 Å². The standard InChI is InChI=1S/C18H26N4O/c1-15(13-19)14-20-18(23)21-17-7-5-16(6-8-17)9-12-22-10-3-2-4-11-22/h5-8,15H,2-4,9-12,14H2,1H3,(H2,20,21,23)/t15-/m1/s1. The van der Waals surface area contributed by atoms with Crippen LogP contribution in [0.1, 0.15) is 31.7 Å². The van der Waals surface area contributed by atoms with Gasteiger partial charge in [-0.1, -0.05) is 18.6 Å². The highest BCUT2D eigenvalue weighted by molar-refractivity contribution is 5.89. The van der Waals surface area contributed by atoms with Crippen molar-refractivity contribution in [2.24, 2.45) is 5.92 Å². The molecule has 5 heteroatoms. The molecule has 1 atom stereocenters. The zero-order valence-corrected chi connectivity index (χ0v) is 13.8.